The zero-order valence-corrected chi connectivity index (χ0v) is 9.18. The van der Waals surface area contributed by atoms with Crippen molar-refractivity contribution in [3.63, 3.8) is 0 Å². The molecule has 0 N–H and O–H groups in total. The zero-order valence-electron chi connectivity index (χ0n) is 6.21. The summed E-state index contributed by atoms with van der Waals surface area (Å²) >= 11 is -0.586. The molecule has 0 amide bonds. The van der Waals surface area contributed by atoms with Crippen LogP contribution in [0.15, 0.2) is 30.3 Å². The molecule has 0 aliphatic heterocycles. The van der Waals surface area contributed by atoms with Crippen LogP contribution in [0.5, 0.6) is 0 Å². The number of hydrogen-bond acceptors (Lipinski definition) is 1. The van der Waals surface area contributed by atoms with Gasteiger partial charge in [-0.1, -0.05) is 0 Å². The normalized spacial score (nSPS) is 8.90. The summed E-state index contributed by atoms with van der Waals surface area (Å²) in [6.07, 6.45) is 0. The van der Waals surface area contributed by atoms with Crippen LogP contribution in [0.1, 0.15) is 5.56 Å². The Balaban J connectivity index is 2.43. The third kappa shape index (κ3) is 2.59. The average Bonchev–Trinajstić information content (AvgIpc) is 2.03. The molecule has 1 aromatic rings. The van der Waals surface area contributed by atoms with Gasteiger partial charge < -0.3 is 0 Å². The van der Waals surface area contributed by atoms with Crippen LogP contribution in [-0.4, -0.2) is 0 Å². The Kier molecular flexibility index (Phi) is 3.63. The predicted octanol–water partition coefficient (Wildman–Crippen LogP) is 2.25. The molecule has 1 nitrogen and oxygen atoms in total. The summed E-state index contributed by atoms with van der Waals surface area (Å²) in [5.74, 6) is 0. The summed E-state index contributed by atoms with van der Waals surface area (Å²) in [7, 11) is 0. The van der Waals surface area contributed by atoms with E-state index < -0.39 is 17.5 Å². The van der Waals surface area contributed by atoms with Crippen LogP contribution in [0, 0.1) is 0 Å². The predicted molar refractivity (Wildman–Crippen MR) is 37.1 cm³/mol. The summed E-state index contributed by atoms with van der Waals surface area (Å²) in [5.41, 5.74) is 3.48. The van der Waals surface area contributed by atoms with Gasteiger partial charge >= 0.3 is 69.1 Å². The van der Waals surface area contributed by atoms with E-state index in [1.807, 2.05) is 18.2 Å². The molecule has 0 aromatic heterocycles. The van der Waals surface area contributed by atoms with E-state index in [9.17, 15) is 0 Å². The summed E-state index contributed by atoms with van der Waals surface area (Å²) in [6, 6.07) is 10.3. The Morgan fingerprint density at radius 3 is 2.60 bits per heavy atom. The van der Waals surface area contributed by atoms with Gasteiger partial charge in [-0.25, -0.2) is 0 Å². The van der Waals surface area contributed by atoms with Crippen molar-refractivity contribution in [3.8, 4) is 0 Å². The molecule has 0 atom stereocenters. The van der Waals surface area contributed by atoms with Crippen LogP contribution >= 0.6 is 0 Å². The molecular weight excluding hydrogens is 177 g/mol. The van der Waals surface area contributed by atoms with Crippen molar-refractivity contribution in [2.45, 2.75) is 12.1 Å². The van der Waals surface area contributed by atoms with E-state index in [0.717, 1.165) is 6.61 Å². The number of benzene rings is 1. The molecule has 2 heteroatoms. The SMILES string of the molecule is [CH3][Zn][O]Cc1ccccc1. The van der Waals surface area contributed by atoms with Gasteiger partial charge in [-0.3, -0.25) is 0 Å². The van der Waals surface area contributed by atoms with Crippen molar-refractivity contribution < 1.29 is 21.1 Å². The second-order valence-corrected chi connectivity index (χ2v) is 4.19. The first kappa shape index (κ1) is 7.91. The molecule has 0 aliphatic carbocycles. The van der Waals surface area contributed by atoms with E-state index in [4.69, 9.17) is 3.56 Å². The van der Waals surface area contributed by atoms with Gasteiger partial charge in [0.2, 0.25) is 0 Å². The van der Waals surface area contributed by atoms with Crippen molar-refractivity contribution in [3.05, 3.63) is 35.9 Å². The molecule has 50 valence electrons. The standard InChI is InChI=1S/C7H7O.CH3.Zn/c8-6-7-4-2-1-3-5-7;;/h1-5H,6H2;1H3;/q-1;;+1. The summed E-state index contributed by atoms with van der Waals surface area (Å²) in [4.78, 5) is 0. The van der Waals surface area contributed by atoms with E-state index >= 15 is 0 Å². The Bertz CT molecular complexity index is 174. The van der Waals surface area contributed by atoms with E-state index in [-0.39, 0.29) is 0 Å². The molecule has 10 heavy (non-hydrogen) atoms. The van der Waals surface area contributed by atoms with Gasteiger partial charge in [0, 0.05) is 0 Å². The Hall–Kier alpha value is -0.197. The molecule has 0 aliphatic rings. The maximum absolute atomic E-state index is 5.41. The minimum atomic E-state index is -0.586. The van der Waals surface area contributed by atoms with Crippen LogP contribution in [0.4, 0.5) is 0 Å². The quantitative estimate of drug-likeness (QED) is 0.660. The van der Waals surface area contributed by atoms with Crippen molar-refractivity contribution in [2.24, 2.45) is 0 Å². The van der Waals surface area contributed by atoms with Crippen molar-refractivity contribution in [2.75, 3.05) is 0 Å². The first-order valence-corrected chi connectivity index (χ1v) is 7.73. The van der Waals surface area contributed by atoms with Gasteiger partial charge in [0.15, 0.2) is 0 Å². The monoisotopic (exact) mass is 186 g/mol. The molecule has 1 aromatic carbocycles. The molecule has 0 saturated heterocycles. The van der Waals surface area contributed by atoms with Crippen molar-refractivity contribution in [1.29, 1.82) is 0 Å². The van der Waals surface area contributed by atoms with Crippen LogP contribution in [0.25, 0.3) is 0 Å². The third-order valence-electron chi connectivity index (χ3n) is 1.32. The fourth-order valence-corrected chi connectivity index (χ4v) is 1.72. The summed E-state index contributed by atoms with van der Waals surface area (Å²) in [5, 5.41) is 0. The van der Waals surface area contributed by atoms with Crippen LogP contribution in [0.2, 0.25) is 5.52 Å². The molecule has 0 radical (unpaired) electrons. The fourth-order valence-electron chi connectivity index (χ4n) is 0.794. The number of rotatable bonds is 3. The van der Waals surface area contributed by atoms with Crippen LogP contribution in [0.3, 0.4) is 0 Å². The maximum atomic E-state index is 5.41. The molecular formula is C8H10OZn. The molecule has 0 fully saturated rings. The van der Waals surface area contributed by atoms with Gasteiger partial charge in [0.25, 0.3) is 0 Å². The molecule has 0 heterocycles. The van der Waals surface area contributed by atoms with E-state index in [0.29, 0.717) is 0 Å². The van der Waals surface area contributed by atoms with E-state index in [2.05, 4.69) is 17.7 Å². The summed E-state index contributed by atoms with van der Waals surface area (Å²) < 4.78 is 5.41. The Morgan fingerprint density at radius 1 is 1.30 bits per heavy atom. The summed E-state index contributed by atoms with van der Waals surface area (Å²) in [6.45, 7) is 0.817. The second-order valence-electron chi connectivity index (χ2n) is 2.12. The number of hydrogen-bond donors (Lipinski definition) is 0. The zero-order chi connectivity index (χ0) is 7.23. The van der Waals surface area contributed by atoms with Gasteiger partial charge in [-0.05, 0) is 0 Å². The van der Waals surface area contributed by atoms with Crippen LogP contribution in [-0.2, 0) is 27.7 Å². The topological polar surface area (TPSA) is 9.23 Å². The van der Waals surface area contributed by atoms with Gasteiger partial charge in [-0.2, -0.15) is 0 Å². The van der Waals surface area contributed by atoms with Gasteiger partial charge in [-0.15, -0.1) is 0 Å². The van der Waals surface area contributed by atoms with Crippen LogP contribution < -0.4 is 0 Å². The molecule has 1 rings (SSSR count). The average molecular weight is 188 g/mol. The minimum absolute atomic E-state index is 0.586. The van der Waals surface area contributed by atoms with E-state index in [1.54, 1.807) is 0 Å². The van der Waals surface area contributed by atoms with E-state index in [1.165, 1.54) is 5.56 Å². The first-order valence-electron chi connectivity index (χ1n) is 3.55. The molecule has 0 spiro atoms. The molecule has 0 bridgehead atoms. The molecule has 0 unspecified atom stereocenters. The van der Waals surface area contributed by atoms with Crippen molar-refractivity contribution >= 4 is 0 Å². The Labute approximate surface area is 69.4 Å². The third-order valence-corrected chi connectivity index (χ3v) is 2.60. The van der Waals surface area contributed by atoms with Gasteiger partial charge in [0.1, 0.15) is 0 Å². The van der Waals surface area contributed by atoms with Crippen molar-refractivity contribution in [1.82, 2.24) is 0 Å². The second kappa shape index (κ2) is 4.59. The van der Waals surface area contributed by atoms with Gasteiger partial charge in [0.05, 0.1) is 0 Å². The fraction of sp³-hybridized carbons (Fsp3) is 0.250. The first-order chi connectivity index (χ1) is 4.93. The molecule has 0 saturated carbocycles. The Morgan fingerprint density at radius 2 is 2.00 bits per heavy atom.